The Hall–Kier alpha value is -2.34. The van der Waals surface area contributed by atoms with Gasteiger partial charge in [0, 0.05) is 12.1 Å². The Morgan fingerprint density at radius 1 is 1.11 bits per heavy atom. The van der Waals surface area contributed by atoms with Crippen LogP contribution >= 0.6 is 11.8 Å². The summed E-state index contributed by atoms with van der Waals surface area (Å²) in [6.07, 6.45) is 1.63. The van der Waals surface area contributed by atoms with Crippen LogP contribution in [0, 0.1) is 5.92 Å². The zero-order chi connectivity index (χ0) is 19.4. The number of carbonyl (C=O) groups excluding carboxylic acids is 1. The standard InChI is InChI=1S/C21H25N3O2S/c1-14(2)12-24-20(19-6-5-11-26-19)22-23-21(24)27-13-18(25)17-9-7-16(8-10-17)15(3)4/h5-11,14-15H,12-13H2,1-4H3. The summed E-state index contributed by atoms with van der Waals surface area (Å²) in [5.41, 5.74) is 1.96. The van der Waals surface area contributed by atoms with Crippen molar-refractivity contribution in [3.8, 4) is 11.6 Å². The second kappa shape index (κ2) is 8.57. The summed E-state index contributed by atoms with van der Waals surface area (Å²) in [6.45, 7) is 9.34. The first-order valence-corrected chi connectivity index (χ1v) is 10.2. The SMILES string of the molecule is CC(C)Cn1c(SCC(=O)c2ccc(C(C)C)cc2)nnc1-c1ccco1. The van der Waals surface area contributed by atoms with Gasteiger partial charge in [-0.3, -0.25) is 9.36 Å². The molecule has 0 N–H and O–H groups in total. The van der Waals surface area contributed by atoms with E-state index >= 15 is 0 Å². The van der Waals surface area contributed by atoms with Crippen molar-refractivity contribution in [2.24, 2.45) is 5.92 Å². The molecule has 0 aliphatic rings. The number of nitrogens with zero attached hydrogens (tertiary/aromatic N) is 3. The minimum atomic E-state index is 0.0916. The molecular formula is C21H25N3O2S. The molecule has 0 atom stereocenters. The summed E-state index contributed by atoms with van der Waals surface area (Å²) in [7, 11) is 0. The number of Topliss-reactive ketones (excluding diaryl/α,β-unsaturated/α-hetero) is 1. The number of carbonyl (C=O) groups is 1. The highest BCUT2D eigenvalue weighted by Crippen LogP contribution is 2.26. The molecule has 0 aliphatic heterocycles. The lowest BCUT2D eigenvalue weighted by molar-refractivity contribution is 0.102. The van der Waals surface area contributed by atoms with Crippen molar-refractivity contribution in [2.75, 3.05) is 5.75 Å². The predicted octanol–water partition coefficient (Wildman–Crippen LogP) is 5.29. The molecule has 1 aromatic carbocycles. The third kappa shape index (κ3) is 4.69. The van der Waals surface area contributed by atoms with E-state index < -0.39 is 0 Å². The number of benzene rings is 1. The molecule has 0 saturated carbocycles. The molecule has 0 fully saturated rings. The van der Waals surface area contributed by atoms with Crippen molar-refractivity contribution in [1.29, 1.82) is 0 Å². The Balaban J connectivity index is 1.74. The van der Waals surface area contributed by atoms with Crippen LogP contribution in [-0.2, 0) is 6.54 Å². The fourth-order valence-corrected chi connectivity index (χ4v) is 3.62. The van der Waals surface area contributed by atoms with Gasteiger partial charge in [0.25, 0.3) is 0 Å². The van der Waals surface area contributed by atoms with E-state index in [4.69, 9.17) is 4.42 Å². The summed E-state index contributed by atoms with van der Waals surface area (Å²) in [5, 5.41) is 9.31. The van der Waals surface area contributed by atoms with E-state index in [0.29, 0.717) is 29.2 Å². The van der Waals surface area contributed by atoms with Crippen molar-refractivity contribution >= 4 is 17.5 Å². The molecule has 0 spiro atoms. The Kier molecular flexibility index (Phi) is 6.16. The molecule has 27 heavy (non-hydrogen) atoms. The smallest absolute Gasteiger partial charge is 0.200 e. The Morgan fingerprint density at radius 2 is 1.85 bits per heavy atom. The lowest BCUT2D eigenvalue weighted by Gasteiger charge is -2.11. The first kappa shape index (κ1) is 19.4. The van der Waals surface area contributed by atoms with E-state index in [1.807, 2.05) is 41.0 Å². The number of furan rings is 1. The van der Waals surface area contributed by atoms with Crippen molar-refractivity contribution in [2.45, 2.75) is 45.3 Å². The number of thioether (sulfide) groups is 1. The Labute approximate surface area is 164 Å². The maximum Gasteiger partial charge on any atom is 0.200 e. The third-order valence-corrected chi connectivity index (χ3v) is 5.20. The second-order valence-corrected chi connectivity index (χ2v) is 8.22. The number of ketones is 1. The molecule has 6 heteroatoms. The minimum Gasteiger partial charge on any atom is -0.461 e. The summed E-state index contributed by atoms with van der Waals surface area (Å²) in [4.78, 5) is 12.6. The normalized spacial score (nSPS) is 11.5. The van der Waals surface area contributed by atoms with Crippen LogP contribution in [0.1, 0.15) is 49.5 Å². The van der Waals surface area contributed by atoms with Gasteiger partial charge in [0.2, 0.25) is 0 Å². The molecule has 3 aromatic rings. The van der Waals surface area contributed by atoms with E-state index in [-0.39, 0.29) is 5.78 Å². The fourth-order valence-electron chi connectivity index (χ4n) is 2.78. The maximum absolute atomic E-state index is 12.6. The van der Waals surface area contributed by atoms with Crippen molar-refractivity contribution < 1.29 is 9.21 Å². The largest absolute Gasteiger partial charge is 0.461 e. The molecule has 142 valence electrons. The van der Waals surface area contributed by atoms with Crippen LogP contribution in [0.25, 0.3) is 11.6 Å². The average molecular weight is 384 g/mol. The van der Waals surface area contributed by atoms with Gasteiger partial charge in [-0.15, -0.1) is 10.2 Å². The van der Waals surface area contributed by atoms with Crippen LogP contribution < -0.4 is 0 Å². The highest BCUT2D eigenvalue weighted by molar-refractivity contribution is 7.99. The van der Waals surface area contributed by atoms with Gasteiger partial charge in [-0.25, -0.2) is 0 Å². The van der Waals surface area contributed by atoms with Gasteiger partial charge in [0.05, 0.1) is 12.0 Å². The van der Waals surface area contributed by atoms with Gasteiger partial charge in [-0.05, 0) is 29.5 Å². The van der Waals surface area contributed by atoms with Crippen molar-refractivity contribution in [3.63, 3.8) is 0 Å². The number of hydrogen-bond acceptors (Lipinski definition) is 5. The fraction of sp³-hybridized carbons (Fsp3) is 0.381. The molecular weight excluding hydrogens is 358 g/mol. The number of aromatic nitrogens is 3. The van der Waals surface area contributed by atoms with Crippen LogP contribution in [0.15, 0.2) is 52.2 Å². The quantitative estimate of drug-likeness (QED) is 0.390. The third-order valence-electron chi connectivity index (χ3n) is 4.24. The monoisotopic (exact) mass is 383 g/mol. The van der Waals surface area contributed by atoms with Crippen LogP contribution in [0.4, 0.5) is 0 Å². The van der Waals surface area contributed by atoms with Crippen molar-refractivity contribution in [3.05, 3.63) is 53.8 Å². The van der Waals surface area contributed by atoms with E-state index in [9.17, 15) is 4.79 Å². The molecule has 0 bridgehead atoms. The van der Waals surface area contributed by atoms with E-state index in [1.54, 1.807) is 6.26 Å². The van der Waals surface area contributed by atoms with E-state index in [0.717, 1.165) is 17.3 Å². The predicted molar refractivity (Wildman–Crippen MR) is 108 cm³/mol. The summed E-state index contributed by atoms with van der Waals surface area (Å²) in [6, 6.07) is 11.6. The van der Waals surface area contributed by atoms with Gasteiger partial charge in [0.1, 0.15) is 0 Å². The molecule has 3 rings (SSSR count). The van der Waals surface area contributed by atoms with Gasteiger partial charge in [-0.2, -0.15) is 0 Å². The van der Waals surface area contributed by atoms with E-state index in [1.165, 1.54) is 17.3 Å². The van der Waals surface area contributed by atoms with Crippen LogP contribution in [0.5, 0.6) is 0 Å². The summed E-state index contributed by atoms with van der Waals surface area (Å²) >= 11 is 1.42. The molecule has 2 aromatic heterocycles. The molecule has 0 saturated heterocycles. The zero-order valence-electron chi connectivity index (χ0n) is 16.2. The maximum atomic E-state index is 12.6. The van der Waals surface area contributed by atoms with Crippen LogP contribution in [0.3, 0.4) is 0 Å². The van der Waals surface area contributed by atoms with Gasteiger partial charge in [0.15, 0.2) is 22.5 Å². The zero-order valence-corrected chi connectivity index (χ0v) is 17.0. The molecule has 0 amide bonds. The average Bonchev–Trinajstić information content (AvgIpc) is 3.29. The van der Waals surface area contributed by atoms with Gasteiger partial charge in [-0.1, -0.05) is 63.7 Å². The van der Waals surface area contributed by atoms with E-state index in [2.05, 4.69) is 37.9 Å². The number of rotatable bonds is 8. The molecule has 0 radical (unpaired) electrons. The topological polar surface area (TPSA) is 60.9 Å². The van der Waals surface area contributed by atoms with Crippen molar-refractivity contribution in [1.82, 2.24) is 14.8 Å². The molecule has 0 unspecified atom stereocenters. The Morgan fingerprint density at radius 3 is 2.44 bits per heavy atom. The highest BCUT2D eigenvalue weighted by atomic mass is 32.2. The lowest BCUT2D eigenvalue weighted by atomic mass is 10.0. The van der Waals surface area contributed by atoms with Gasteiger partial charge >= 0.3 is 0 Å². The van der Waals surface area contributed by atoms with Crippen LogP contribution in [-0.4, -0.2) is 26.3 Å². The number of hydrogen-bond donors (Lipinski definition) is 0. The van der Waals surface area contributed by atoms with Gasteiger partial charge < -0.3 is 4.42 Å². The summed E-state index contributed by atoms with van der Waals surface area (Å²) in [5.74, 6) is 2.69. The van der Waals surface area contributed by atoms with Crippen LogP contribution in [0.2, 0.25) is 0 Å². The molecule has 5 nitrogen and oxygen atoms in total. The summed E-state index contributed by atoms with van der Waals surface area (Å²) < 4.78 is 7.51. The lowest BCUT2D eigenvalue weighted by Crippen LogP contribution is -2.09. The highest BCUT2D eigenvalue weighted by Gasteiger charge is 2.18. The first-order valence-electron chi connectivity index (χ1n) is 9.18. The molecule has 0 aliphatic carbocycles. The Bertz CT molecular complexity index is 881. The molecule has 2 heterocycles. The first-order chi connectivity index (χ1) is 13.0. The minimum absolute atomic E-state index is 0.0916. The second-order valence-electron chi connectivity index (χ2n) is 7.28.